The Morgan fingerprint density at radius 2 is 2.18 bits per heavy atom. The minimum Gasteiger partial charge on any atom is -0.619 e. The van der Waals surface area contributed by atoms with Crippen molar-refractivity contribution in [3.63, 3.8) is 0 Å². The zero-order valence-corrected chi connectivity index (χ0v) is 12.1. The molecule has 0 aromatic carbocycles. The van der Waals surface area contributed by atoms with Crippen LogP contribution in [0, 0.1) is 5.21 Å². The van der Waals surface area contributed by atoms with Gasteiger partial charge in [0.2, 0.25) is 0 Å². The van der Waals surface area contributed by atoms with E-state index in [4.69, 9.17) is 4.74 Å². The van der Waals surface area contributed by atoms with Crippen LogP contribution < -0.4 is 9.47 Å². The van der Waals surface area contributed by atoms with Crippen LogP contribution >= 0.6 is 0 Å². The molecular weight excluding hydrogens is 282 g/mol. The molecule has 114 valence electrons. The first-order valence-corrected chi connectivity index (χ1v) is 7.27. The summed E-state index contributed by atoms with van der Waals surface area (Å²) in [7, 11) is 0. The summed E-state index contributed by atoms with van der Waals surface area (Å²) in [6.07, 6.45) is 7.77. The number of aromatic nitrogens is 2. The highest BCUT2D eigenvalue weighted by molar-refractivity contribution is 5.93. The molecular formula is C16H17N3O3. The zero-order valence-electron chi connectivity index (χ0n) is 12.1. The Kier molecular flexibility index (Phi) is 4.18. The van der Waals surface area contributed by atoms with Crippen molar-refractivity contribution in [3.05, 3.63) is 59.8 Å². The highest BCUT2D eigenvalue weighted by atomic mass is 16.5. The number of piperidine rings is 1. The molecule has 0 N–H and O–H groups in total. The van der Waals surface area contributed by atoms with E-state index in [-0.39, 0.29) is 12.0 Å². The summed E-state index contributed by atoms with van der Waals surface area (Å²) >= 11 is 0. The molecule has 1 saturated heterocycles. The van der Waals surface area contributed by atoms with Crippen LogP contribution in [-0.2, 0) is 0 Å². The van der Waals surface area contributed by atoms with Crippen LogP contribution in [0.2, 0.25) is 0 Å². The molecule has 0 bridgehead atoms. The highest BCUT2D eigenvalue weighted by Gasteiger charge is 2.26. The zero-order chi connectivity index (χ0) is 15.4. The van der Waals surface area contributed by atoms with Crippen LogP contribution in [0.4, 0.5) is 0 Å². The molecule has 1 fully saturated rings. The van der Waals surface area contributed by atoms with E-state index < -0.39 is 0 Å². The average molecular weight is 299 g/mol. The summed E-state index contributed by atoms with van der Waals surface area (Å²) in [6.45, 7) is 1.21. The number of amides is 1. The number of pyridine rings is 2. The van der Waals surface area contributed by atoms with Gasteiger partial charge in [-0.2, -0.15) is 4.73 Å². The maximum Gasteiger partial charge on any atom is 0.260 e. The molecule has 6 nitrogen and oxygen atoms in total. The van der Waals surface area contributed by atoms with E-state index in [2.05, 4.69) is 4.98 Å². The molecule has 22 heavy (non-hydrogen) atoms. The Hall–Kier alpha value is -2.63. The summed E-state index contributed by atoms with van der Waals surface area (Å²) in [6, 6.07) is 6.84. The van der Waals surface area contributed by atoms with Gasteiger partial charge in [0, 0.05) is 25.0 Å². The molecule has 0 radical (unpaired) electrons. The van der Waals surface area contributed by atoms with Crippen molar-refractivity contribution in [3.8, 4) is 5.75 Å². The molecule has 1 amide bonds. The SMILES string of the molecule is O=C(c1ccc[n+]([O-])c1)N1CCCC(Oc2ccncc2)C1. The minimum absolute atomic E-state index is 0.0387. The third kappa shape index (κ3) is 3.33. The fourth-order valence-electron chi connectivity index (χ4n) is 2.59. The lowest BCUT2D eigenvalue weighted by Gasteiger charge is -2.32. The molecule has 1 unspecified atom stereocenters. The van der Waals surface area contributed by atoms with Gasteiger partial charge >= 0.3 is 0 Å². The number of carbonyl (C=O) groups is 1. The van der Waals surface area contributed by atoms with E-state index in [9.17, 15) is 10.0 Å². The third-order valence-electron chi connectivity index (χ3n) is 3.64. The second kappa shape index (κ2) is 6.43. The van der Waals surface area contributed by atoms with Crippen LogP contribution in [0.3, 0.4) is 0 Å². The van der Waals surface area contributed by atoms with Gasteiger partial charge in [-0.05, 0) is 31.0 Å². The Bertz CT molecular complexity index is 648. The minimum atomic E-state index is -0.131. The lowest BCUT2D eigenvalue weighted by molar-refractivity contribution is -0.605. The smallest absolute Gasteiger partial charge is 0.260 e. The Labute approximate surface area is 128 Å². The van der Waals surface area contributed by atoms with Crippen LogP contribution in [0.25, 0.3) is 0 Å². The largest absolute Gasteiger partial charge is 0.619 e. The van der Waals surface area contributed by atoms with Gasteiger partial charge in [-0.1, -0.05) is 0 Å². The summed E-state index contributed by atoms with van der Waals surface area (Å²) < 4.78 is 6.54. The number of hydrogen-bond acceptors (Lipinski definition) is 4. The summed E-state index contributed by atoms with van der Waals surface area (Å²) in [5.74, 6) is 0.625. The second-order valence-electron chi connectivity index (χ2n) is 5.27. The first-order valence-electron chi connectivity index (χ1n) is 7.27. The molecule has 1 aliphatic heterocycles. The summed E-state index contributed by atoms with van der Waals surface area (Å²) in [5.41, 5.74) is 0.405. The average Bonchev–Trinajstić information content (AvgIpc) is 2.55. The number of rotatable bonds is 3. The van der Waals surface area contributed by atoms with Crippen molar-refractivity contribution < 1.29 is 14.3 Å². The molecule has 1 aliphatic rings. The Morgan fingerprint density at radius 3 is 2.95 bits per heavy atom. The van der Waals surface area contributed by atoms with Gasteiger partial charge in [0.05, 0.1) is 6.54 Å². The van der Waals surface area contributed by atoms with Gasteiger partial charge in [0.15, 0.2) is 12.4 Å². The number of likely N-dealkylation sites (tertiary alicyclic amines) is 1. The van der Waals surface area contributed by atoms with E-state index in [1.54, 1.807) is 41.6 Å². The normalized spacial score (nSPS) is 18.0. The predicted molar refractivity (Wildman–Crippen MR) is 79.2 cm³/mol. The molecule has 0 saturated carbocycles. The molecule has 2 aromatic heterocycles. The van der Waals surface area contributed by atoms with E-state index in [0.29, 0.717) is 23.4 Å². The fraction of sp³-hybridized carbons (Fsp3) is 0.312. The van der Waals surface area contributed by atoms with Gasteiger partial charge < -0.3 is 14.8 Å². The van der Waals surface area contributed by atoms with Gasteiger partial charge in [-0.15, -0.1) is 0 Å². The van der Waals surface area contributed by atoms with Gasteiger partial charge in [0.25, 0.3) is 5.91 Å². The van der Waals surface area contributed by atoms with Crippen LogP contribution in [0.5, 0.6) is 5.75 Å². The second-order valence-corrected chi connectivity index (χ2v) is 5.27. The maximum absolute atomic E-state index is 12.5. The van der Waals surface area contributed by atoms with Crippen molar-refractivity contribution in [1.82, 2.24) is 9.88 Å². The first-order chi connectivity index (χ1) is 10.7. The highest BCUT2D eigenvalue weighted by Crippen LogP contribution is 2.19. The van der Waals surface area contributed by atoms with Crippen LogP contribution in [0.15, 0.2) is 49.1 Å². The summed E-state index contributed by atoms with van der Waals surface area (Å²) in [5, 5.41) is 11.3. The van der Waals surface area contributed by atoms with Crippen molar-refractivity contribution in [1.29, 1.82) is 0 Å². The molecule has 1 atom stereocenters. The van der Waals surface area contributed by atoms with Crippen molar-refractivity contribution in [2.45, 2.75) is 18.9 Å². The lowest BCUT2D eigenvalue weighted by atomic mass is 10.1. The number of nitrogens with zero attached hydrogens (tertiary/aromatic N) is 3. The quantitative estimate of drug-likeness (QED) is 0.634. The van der Waals surface area contributed by atoms with Crippen LogP contribution in [0.1, 0.15) is 23.2 Å². The molecule has 6 heteroatoms. The first kappa shape index (κ1) is 14.3. The number of hydrogen-bond donors (Lipinski definition) is 0. The molecule has 3 rings (SSSR count). The van der Waals surface area contributed by atoms with Gasteiger partial charge in [-0.3, -0.25) is 9.78 Å². The van der Waals surface area contributed by atoms with Gasteiger partial charge in [-0.25, -0.2) is 0 Å². The number of ether oxygens (including phenoxy) is 1. The topological polar surface area (TPSA) is 69.4 Å². The van der Waals surface area contributed by atoms with E-state index in [1.165, 1.54) is 12.4 Å². The fourth-order valence-corrected chi connectivity index (χ4v) is 2.59. The van der Waals surface area contributed by atoms with E-state index in [1.807, 2.05) is 0 Å². The van der Waals surface area contributed by atoms with E-state index >= 15 is 0 Å². The molecule has 0 spiro atoms. The Morgan fingerprint density at radius 1 is 1.36 bits per heavy atom. The number of carbonyl (C=O) groups excluding carboxylic acids is 1. The lowest BCUT2D eigenvalue weighted by Crippen LogP contribution is -2.44. The molecule has 2 aromatic rings. The van der Waals surface area contributed by atoms with E-state index in [0.717, 1.165) is 18.6 Å². The standard InChI is InChI=1S/C16H17N3O3/c20-16(13-3-1-10-19(21)11-13)18-9-2-4-15(12-18)22-14-5-7-17-8-6-14/h1,3,5-8,10-11,15H,2,4,9,12H2. The molecule has 3 heterocycles. The predicted octanol–water partition coefficient (Wildman–Crippen LogP) is 1.40. The monoisotopic (exact) mass is 299 g/mol. The van der Waals surface area contributed by atoms with Crippen molar-refractivity contribution >= 4 is 5.91 Å². The van der Waals surface area contributed by atoms with Crippen molar-refractivity contribution in [2.24, 2.45) is 0 Å². The molecule has 0 aliphatic carbocycles. The third-order valence-corrected chi connectivity index (χ3v) is 3.64. The Balaban J connectivity index is 1.66. The van der Waals surface area contributed by atoms with Crippen molar-refractivity contribution in [2.75, 3.05) is 13.1 Å². The maximum atomic E-state index is 12.5. The summed E-state index contributed by atoms with van der Waals surface area (Å²) in [4.78, 5) is 18.2. The van der Waals surface area contributed by atoms with Crippen LogP contribution in [-0.4, -0.2) is 35.0 Å². The van der Waals surface area contributed by atoms with Gasteiger partial charge in [0.1, 0.15) is 17.4 Å².